The molecule has 4 heterocycles. The summed E-state index contributed by atoms with van der Waals surface area (Å²) in [6, 6.07) is 10.8. The van der Waals surface area contributed by atoms with Crippen LogP contribution in [0, 0.1) is 0 Å². The van der Waals surface area contributed by atoms with Crippen LogP contribution in [0.15, 0.2) is 48.9 Å². The van der Waals surface area contributed by atoms with Gasteiger partial charge in [0.1, 0.15) is 11.5 Å². The molecule has 1 aromatic carbocycles. The lowest BCUT2D eigenvalue weighted by atomic mass is 10.00. The second-order valence-electron chi connectivity index (χ2n) is 8.86. The average Bonchev–Trinajstić information content (AvgIpc) is 3.24. The van der Waals surface area contributed by atoms with Gasteiger partial charge in [-0.15, -0.1) is 0 Å². The molecule has 168 valence electrons. The Bertz CT molecular complexity index is 1040. The van der Waals surface area contributed by atoms with Crippen molar-refractivity contribution in [2.75, 3.05) is 38.0 Å². The van der Waals surface area contributed by atoms with E-state index in [1.54, 1.807) is 12.4 Å². The van der Waals surface area contributed by atoms with Crippen molar-refractivity contribution in [3.05, 3.63) is 48.9 Å². The minimum absolute atomic E-state index is 0.242. The molecule has 2 aliphatic rings. The highest BCUT2D eigenvalue weighted by molar-refractivity contribution is 5.78. The number of carbonyl (C=O) groups excluding carboxylic acids is 1. The van der Waals surface area contributed by atoms with Gasteiger partial charge in [-0.05, 0) is 38.8 Å². The Labute approximate surface area is 189 Å². The van der Waals surface area contributed by atoms with Crippen LogP contribution in [0.5, 0.6) is 0 Å². The largest absolute Gasteiger partial charge is 0.369 e. The Morgan fingerprint density at radius 1 is 1.03 bits per heavy atom. The molecule has 2 saturated heterocycles. The van der Waals surface area contributed by atoms with Crippen molar-refractivity contribution in [2.45, 2.75) is 44.6 Å². The number of carbonyl (C=O) groups is 1. The lowest BCUT2D eigenvalue weighted by Gasteiger charge is -2.40. The number of fused-ring (bicyclic) bond motifs is 1. The van der Waals surface area contributed by atoms with Crippen molar-refractivity contribution in [1.29, 1.82) is 0 Å². The van der Waals surface area contributed by atoms with Gasteiger partial charge in [-0.2, -0.15) is 0 Å². The molecule has 0 radical (unpaired) electrons. The van der Waals surface area contributed by atoms with Crippen molar-refractivity contribution in [3.8, 4) is 11.3 Å². The fourth-order valence-corrected chi connectivity index (χ4v) is 5.08. The maximum absolute atomic E-state index is 12.9. The zero-order valence-corrected chi connectivity index (χ0v) is 18.6. The van der Waals surface area contributed by atoms with E-state index >= 15 is 0 Å². The van der Waals surface area contributed by atoms with Crippen LogP contribution in [0.4, 0.5) is 5.82 Å². The van der Waals surface area contributed by atoms with Crippen LogP contribution >= 0.6 is 0 Å². The number of aromatic nitrogens is 3. The minimum Gasteiger partial charge on any atom is -0.369 e. The van der Waals surface area contributed by atoms with Gasteiger partial charge >= 0.3 is 0 Å². The summed E-state index contributed by atoms with van der Waals surface area (Å²) in [5, 5.41) is 3.48. The Morgan fingerprint density at radius 2 is 1.81 bits per heavy atom. The summed E-state index contributed by atoms with van der Waals surface area (Å²) in [5.74, 6) is 1.15. The van der Waals surface area contributed by atoms with Gasteiger partial charge in [0.2, 0.25) is 5.91 Å². The third kappa shape index (κ3) is 4.48. The third-order valence-electron chi connectivity index (χ3n) is 6.83. The standard InChI is InChI=1S/C25H32N6O/c32-23(30-16-10-21(11-17-30)29-14-5-2-6-15-29)9-12-27-25-24(20-7-3-1-4-8-20)28-22-19-26-13-18-31(22)25/h1,3-4,7-8,13,18-19,21,27H,2,5-6,9-12,14-17H2. The molecule has 0 atom stereocenters. The van der Waals surface area contributed by atoms with Gasteiger partial charge in [-0.25, -0.2) is 4.98 Å². The summed E-state index contributed by atoms with van der Waals surface area (Å²) in [5.41, 5.74) is 2.72. The van der Waals surface area contributed by atoms with Gasteiger partial charge in [0, 0.05) is 50.1 Å². The summed E-state index contributed by atoms with van der Waals surface area (Å²) < 4.78 is 2.00. The monoisotopic (exact) mass is 432 g/mol. The Hall–Kier alpha value is -2.93. The van der Waals surface area contributed by atoms with Crippen LogP contribution in [0.3, 0.4) is 0 Å². The third-order valence-corrected chi connectivity index (χ3v) is 6.83. The molecular formula is C25H32N6O. The molecule has 0 unspecified atom stereocenters. The van der Waals surface area contributed by atoms with Crippen LogP contribution in [-0.2, 0) is 4.79 Å². The number of hydrogen-bond acceptors (Lipinski definition) is 5. The molecule has 0 bridgehead atoms. The first-order valence-electron chi connectivity index (χ1n) is 11.9. The highest BCUT2D eigenvalue weighted by atomic mass is 16.2. The number of anilines is 1. The van der Waals surface area contributed by atoms with Crippen LogP contribution in [-0.4, -0.2) is 68.8 Å². The number of nitrogens with zero attached hydrogens (tertiary/aromatic N) is 5. The highest BCUT2D eigenvalue weighted by Gasteiger charge is 2.27. The molecular weight excluding hydrogens is 400 g/mol. The fourth-order valence-electron chi connectivity index (χ4n) is 5.08. The first kappa shape index (κ1) is 20.9. The first-order chi connectivity index (χ1) is 15.8. The fraction of sp³-hybridized carbons (Fsp3) is 0.480. The Kier molecular flexibility index (Phi) is 6.34. The van der Waals surface area contributed by atoms with Crippen LogP contribution in [0.1, 0.15) is 38.5 Å². The maximum atomic E-state index is 12.9. The predicted molar refractivity (Wildman–Crippen MR) is 127 cm³/mol. The van der Waals surface area contributed by atoms with Crippen molar-refractivity contribution < 1.29 is 4.79 Å². The molecule has 32 heavy (non-hydrogen) atoms. The zero-order chi connectivity index (χ0) is 21.8. The number of hydrogen-bond donors (Lipinski definition) is 1. The van der Waals surface area contributed by atoms with Crippen molar-refractivity contribution in [2.24, 2.45) is 0 Å². The number of imidazole rings is 1. The van der Waals surface area contributed by atoms with Crippen LogP contribution < -0.4 is 5.32 Å². The van der Waals surface area contributed by atoms with Gasteiger partial charge in [0.05, 0.1) is 6.20 Å². The number of amides is 1. The van der Waals surface area contributed by atoms with E-state index in [-0.39, 0.29) is 5.91 Å². The molecule has 2 fully saturated rings. The van der Waals surface area contributed by atoms with E-state index in [1.165, 1.54) is 32.4 Å². The molecule has 7 nitrogen and oxygen atoms in total. The lowest BCUT2D eigenvalue weighted by molar-refractivity contribution is -0.132. The first-order valence-corrected chi connectivity index (χ1v) is 11.9. The lowest BCUT2D eigenvalue weighted by Crippen LogP contribution is -2.48. The average molecular weight is 433 g/mol. The number of piperidine rings is 2. The topological polar surface area (TPSA) is 65.8 Å². The molecule has 0 saturated carbocycles. The van der Waals surface area contributed by atoms with Gasteiger partial charge in [0.15, 0.2) is 5.65 Å². The Balaban J connectivity index is 1.19. The maximum Gasteiger partial charge on any atom is 0.224 e. The van der Waals surface area contributed by atoms with E-state index in [4.69, 9.17) is 4.98 Å². The van der Waals surface area contributed by atoms with Gasteiger partial charge in [0.25, 0.3) is 0 Å². The number of benzene rings is 1. The van der Waals surface area contributed by atoms with Gasteiger partial charge < -0.3 is 15.1 Å². The number of rotatable bonds is 6. The summed E-state index contributed by atoms with van der Waals surface area (Å²) in [6.45, 7) is 4.83. The minimum atomic E-state index is 0.242. The van der Waals surface area contributed by atoms with E-state index in [0.717, 1.165) is 48.7 Å². The van der Waals surface area contributed by atoms with Crippen LogP contribution in [0.25, 0.3) is 16.9 Å². The van der Waals surface area contributed by atoms with Crippen molar-refractivity contribution in [1.82, 2.24) is 24.2 Å². The molecule has 5 rings (SSSR count). The van der Waals surface area contributed by atoms with E-state index in [0.29, 0.717) is 19.0 Å². The van der Waals surface area contributed by atoms with E-state index in [9.17, 15) is 4.79 Å². The second kappa shape index (κ2) is 9.69. The van der Waals surface area contributed by atoms with Gasteiger partial charge in [-0.1, -0.05) is 36.8 Å². The molecule has 2 aliphatic heterocycles. The van der Waals surface area contributed by atoms with Crippen LogP contribution in [0.2, 0.25) is 0 Å². The second-order valence-corrected chi connectivity index (χ2v) is 8.86. The quantitative estimate of drug-likeness (QED) is 0.644. The highest BCUT2D eigenvalue weighted by Crippen LogP contribution is 2.28. The molecule has 3 aromatic rings. The van der Waals surface area contributed by atoms with E-state index < -0.39 is 0 Å². The molecule has 0 aliphatic carbocycles. The summed E-state index contributed by atoms with van der Waals surface area (Å²) >= 11 is 0. The molecule has 7 heteroatoms. The number of nitrogens with one attached hydrogen (secondary N) is 1. The summed E-state index contributed by atoms with van der Waals surface area (Å²) in [4.78, 5) is 26.5. The molecule has 0 spiro atoms. The predicted octanol–water partition coefficient (Wildman–Crippen LogP) is 3.68. The zero-order valence-electron chi connectivity index (χ0n) is 18.6. The SMILES string of the molecule is O=C(CCNc1c(-c2ccccc2)nc2cnccn12)N1CCC(N2CCCCC2)CC1. The van der Waals surface area contributed by atoms with Crippen molar-refractivity contribution in [3.63, 3.8) is 0 Å². The molecule has 2 aromatic heterocycles. The summed E-state index contributed by atoms with van der Waals surface area (Å²) in [7, 11) is 0. The van der Waals surface area contributed by atoms with Gasteiger partial charge in [-0.3, -0.25) is 14.2 Å². The normalized spacial score (nSPS) is 18.2. The van der Waals surface area contributed by atoms with E-state index in [1.807, 2.05) is 28.8 Å². The molecule has 1 amide bonds. The smallest absolute Gasteiger partial charge is 0.224 e. The molecule has 1 N–H and O–H groups in total. The summed E-state index contributed by atoms with van der Waals surface area (Å²) in [6.07, 6.45) is 12.2. The Morgan fingerprint density at radius 3 is 2.59 bits per heavy atom. The van der Waals surface area contributed by atoms with E-state index in [2.05, 4.69) is 32.2 Å². The van der Waals surface area contributed by atoms with Crippen molar-refractivity contribution >= 4 is 17.4 Å². The number of likely N-dealkylation sites (tertiary alicyclic amines) is 2.